The molecule has 0 spiro atoms. The molecule has 7 heteroatoms. The van der Waals surface area contributed by atoms with Crippen molar-refractivity contribution in [3.63, 3.8) is 0 Å². The van der Waals surface area contributed by atoms with Crippen molar-refractivity contribution < 1.29 is 9.59 Å². The largest absolute Gasteiger partial charge is 0.351 e. The van der Waals surface area contributed by atoms with Crippen LogP contribution >= 0.6 is 0 Å². The lowest BCUT2D eigenvalue weighted by atomic mass is 10.00. The van der Waals surface area contributed by atoms with E-state index < -0.39 is 0 Å². The number of hydrogen-bond acceptors (Lipinski definition) is 3. The first-order chi connectivity index (χ1) is 15.7. The Kier molecular flexibility index (Phi) is 7.38. The molecule has 1 unspecified atom stereocenters. The summed E-state index contributed by atoms with van der Waals surface area (Å²) in [6.45, 7) is 2.37. The molecule has 168 valence electrons. The van der Waals surface area contributed by atoms with Crippen LogP contribution in [-0.2, 0) is 0 Å². The molecule has 32 heavy (non-hydrogen) atoms. The van der Waals surface area contributed by atoms with E-state index in [1.54, 1.807) is 24.5 Å². The third kappa shape index (κ3) is 5.87. The molecule has 0 saturated carbocycles. The van der Waals surface area contributed by atoms with Crippen LogP contribution in [0.5, 0.6) is 0 Å². The molecule has 0 bridgehead atoms. The maximum atomic E-state index is 12.8. The molecule has 0 radical (unpaired) electrons. The summed E-state index contributed by atoms with van der Waals surface area (Å²) in [7, 11) is 0. The van der Waals surface area contributed by atoms with Gasteiger partial charge in [0.05, 0.1) is 0 Å². The smallest absolute Gasteiger partial charge is 0.319 e. The Morgan fingerprint density at radius 3 is 2.72 bits per heavy atom. The number of unbranched alkanes of at least 4 members (excludes halogenated alkanes) is 3. The van der Waals surface area contributed by atoms with Crippen LogP contribution in [-0.4, -0.2) is 46.4 Å². The number of para-hydroxylation sites is 1. The Bertz CT molecular complexity index is 1000. The first-order valence-corrected chi connectivity index (χ1v) is 11.5. The number of aromatic nitrogens is 2. The van der Waals surface area contributed by atoms with Crippen molar-refractivity contribution in [2.75, 3.05) is 25.0 Å². The minimum Gasteiger partial charge on any atom is -0.351 e. The molecule has 1 atom stereocenters. The molecule has 2 aromatic heterocycles. The second-order valence-electron chi connectivity index (χ2n) is 8.50. The van der Waals surface area contributed by atoms with Crippen molar-refractivity contribution in [1.29, 1.82) is 0 Å². The Morgan fingerprint density at radius 2 is 1.88 bits per heavy atom. The van der Waals surface area contributed by atoms with Crippen molar-refractivity contribution in [2.24, 2.45) is 5.92 Å². The monoisotopic (exact) mass is 433 g/mol. The lowest BCUT2D eigenvalue weighted by Gasteiger charge is -2.15. The first-order valence-electron chi connectivity index (χ1n) is 11.5. The average Bonchev–Trinajstić information content (AvgIpc) is 3.46. The van der Waals surface area contributed by atoms with Gasteiger partial charge in [-0.05, 0) is 49.4 Å². The second kappa shape index (κ2) is 10.8. The van der Waals surface area contributed by atoms with Crippen LogP contribution in [0.4, 0.5) is 10.5 Å². The average molecular weight is 434 g/mol. The van der Waals surface area contributed by atoms with Crippen LogP contribution in [0.1, 0.15) is 49.0 Å². The summed E-state index contributed by atoms with van der Waals surface area (Å²) < 4.78 is 0. The zero-order chi connectivity index (χ0) is 22.2. The highest BCUT2D eigenvalue weighted by molar-refractivity contribution is 5.98. The van der Waals surface area contributed by atoms with E-state index in [-0.39, 0.29) is 11.9 Å². The molecule has 4 rings (SSSR count). The highest BCUT2D eigenvalue weighted by Gasteiger charge is 2.27. The third-order valence-corrected chi connectivity index (χ3v) is 6.10. The normalized spacial score (nSPS) is 15.8. The zero-order valence-corrected chi connectivity index (χ0v) is 18.3. The Balaban J connectivity index is 1.08. The maximum absolute atomic E-state index is 12.8. The van der Waals surface area contributed by atoms with Gasteiger partial charge in [0.15, 0.2) is 0 Å². The predicted molar refractivity (Wildman–Crippen MR) is 127 cm³/mol. The number of H-pyrrole nitrogens is 1. The summed E-state index contributed by atoms with van der Waals surface area (Å²) >= 11 is 0. The molecule has 1 saturated heterocycles. The van der Waals surface area contributed by atoms with Crippen LogP contribution in [0, 0.1) is 5.92 Å². The number of anilines is 1. The van der Waals surface area contributed by atoms with Crippen LogP contribution in [0.3, 0.4) is 0 Å². The highest BCUT2D eigenvalue weighted by atomic mass is 16.2. The van der Waals surface area contributed by atoms with Crippen molar-refractivity contribution in [2.45, 2.75) is 38.5 Å². The van der Waals surface area contributed by atoms with Gasteiger partial charge in [-0.1, -0.05) is 37.5 Å². The number of amides is 3. The number of nitrogens with one attached hydrogen (secondary N) is 3. The van der Waals surface area contributed by atoms with Crippen molar-refractivity contribution in [1.82, 2.24) is 20.2 Å². The van der Waals surface area contributed by atoms with Gasteiger partial charge in [0.25, 0.3) is 5.91 Å². The number of benzene rings is 1. The van der Waals surface area contributed by atoms with E-state index in [1.807, 2.05) is 35.2 Å². The van der Waals surface area contributed by atoms with E-state index in [0.717, 1.165) is 61.8 Å². The number of carbonyl (C=O) groups is 2. The van der Waals surface area contributed by atoms with Gasteiger partial charge < -0.3 is 20.5 Å². The highest BCUT2D eigenvalue weighted by Crippen LogP contribution is 2.24. The molecule has 1 fully saturated rings. The van der Waals surface area contributed by atoms with E-state index in [9.17, 15) is 9.59 Å². The molecule has 7 nitrogen and oxygen atoms in total. The zero-order valence-electron chi connectivity index (χ0n) is 18.3. The summed E-state index contributed by atoms with van der Waals surface area (Å²) in [5.41, 5.74) is 2.44. The summed E-state index contributed by atoms with van der Waals surface area (Å²) in [6.07, 6.45) is 9.94. The fourth-order valence-electron chi connectivity index (χ4n) is 4.34. The van der Waals surface area contributed by atoms with Crippen LogP contribution in [0.25, 0.3) is 10.9 Å². The molecular weight excluding hydrogens is 402 g/mol. The molecule has 1 aromatic carbocycles. The van der Waals surface area contributed by atoms with Gasteiger partial charge in [-0.25, -0.2) is 4.79 Å². The molecular formula is C25H31N5O2. The molecule has 3 N–H and O–H groups in total. The van der Waals surface area contributed by atoms with E-state index in [4.69, 9.17) is 0 Å². The standard InChI is InChI=1S/C25H31N5O2/c31-24(23-17-20-8-4-5-9-22(20)29-23)30-16-12-19(18-30)7-3-1-2-6-13-27-25(32)28-21-10-14-26-15-11-21/h4-5,8-11,14-15,17,19,29H,1-3,6-7,12-13,16,18H2,(H2,26,27,28,32). The fraction of sp³-hybridized carbons (Fsp3) is 0.400. The molecule has 3 aromatic rings. The number of nitrogens with zero attached hydrogens (tertiary/aromatic N) is 2. The summed E-state index contributed by atoms with van der Waals surface area (Å²) in [5, 5.41) is 6.76. The number of urea groups is 1. The lowest BCUT2D eigenvalue weighted by Crippen LogP contribution is -2.29. The quantitative estimate of drug-likeness (QED) is 0.424. The Labute approximate surface area is 188 Å². The van der Waals surface area contributed by atoms with Crippen molar-refractivity contribution in [3.05, 3.63) is 60.6 Å². The number of aromatic amines is 1. The number of fused-ring (bicyclic) bond motifs is 1. The predicted octanol–water partition coefficient (Wildman–Crippen LogP) is 4.80. The number of hydrogen-bond donors (Lipinski definition) is 3. The number of pyridine rings is 1. The summed E-state index contributed by atoms with van der Waals surface area (Å²) in [5.74, 6) is 0.701. The maximum Gasteiger partial charge on any atom is 0.319 e. The van der Waals surface area contributed by atoms with E-state index in [1.165, 1.54) is 6.42 Å². The minimum absolute atomic E-state index is 0.111. The SMILES string of the molecule is O=C(NCCCCCCC1CCN(C(=O)c2cc3ccccc3[nH]2)C1)Nc1ccncc1. The van der Waals surface area contributed by atoms with Gasteiger partial charge in [-0.2, -0.15) is 0 Å². The molecule has 3 heterocycles. The minimum atomic E-state index is -0.179. The van der Waals surface area contributed by atoms with E-state index in [2.05, 4.69) is 20.6 Å². The topological polar surface area (TPSA) is 90.1 Å². The van der Waals surface area contributed by atoms with E-state index in [0.29, 0.717) is 18.2 Å². The van der Waals surface area contributed by atoms with Crippen LogP contribution in [0.15, 0.2) is 54.9 Å². The first kappa shape index (κ1) is 21.9. The van der Waals surface area contributed by atoms with Crippen LogP contribution < -0.4 is 10.6 Å². The van der Waals surface area contributed by atoms with Crippen molar-refractivity contribution in [3.8, 4) is 0 Å². The number of carbonyl (C=O) groups excluding carboxylic acids is 2. The number of rotatable bonds is 9. The van der Waals surface area contributed by atoms with E-state index >= 15 is 0 Å². The van der Waals surface area contributed by atoms with Gasteiger partial charge in [-0.3, -0.25) is 9.78 Å². The van der Waals surface area contributed by atoms with Crippen LogP contribution in [0.2, 0.25) is 0 Å². The van der Waals surface area contributed by atoms with Gasteiger partial charge in [0.1, 0.15) is 5.69 Å². The summed E-state index contributed by atoms with van der Waals surface area (Å²) in [6, 6.07) is 13.3. The number of likely N-dealkylation sites (tertiary alicyclic amines) is 1. The van der Waals surface area contributed by atoms with Gasteiger partial charge >= 0.3 is 6.03 Å². The summed E-state index contributed by atoms with van der Waals surface area (Å²) in [4.78, 5) is 33.8. The van der Waals surface area contributed by atoms with Gasteiger partial charge in [0, 0.05) is 48.6 Å². The third-order valence-electron chi connectivity index (χ3n) is 6.10. The fourth-order valence-corrected chi connectivity index (χ4v) is 4.34. The van der Waals surface area contributed by atoms with Gasteiger partial charge in [-0.15, -0.1) is 0 Å². The molecule has 0 aliphatic carbocycles. The Hall–Kier alpha value is -3.35. The van der Waals surface area contributed by atoms with Gasteiger partial charge in [0.2, 0.25) is 0 Å². The second-order valence-corrected chi connectivity index (χ2v) is 8.50. The molecule has 3 amide bonds. The molecule has 1 aliphatic rings. The lowest BCUT2D eigenvalue weighted by molar-refractivity contribution is 0.0781. The Morgan fingerprint density at radius 1 is 1.06 bits per heavy atom. The molecule has 1 aliphatic heterocycles. The van der Waals surface area contributed by atoms with Crippen molar-refractivity contribution >= 4 is 28.5 Å².